The minimum Gasteiger partial charge on any atom is -0.389 e. The van der Waals surface area contributed by atoms with Gasteiger partial charge < -0.3 is 11.1 Å². The fourth-order valence-electron chi connectivity index (χ4n) is 1.71. The summed E-state index contributed by atoms with van der Waals surface area (Å²) in [5.41, 5.74) is 7.09. The van der Waals surface area contributed by atoms with Gasteiger partial charge in [-0.3, -0.25) is 4.79 Å². The molecule has 2 aromatic rings. The quantitative estimate of drug-likeness (QED) is 0.733. The summed E-state index contributed by atoms with van der Waals surface area (Å²) in [7, 11) is 0. The van der Waals surface area contributed by atoms with Gasteiger partial charge in [-0.25, -0.2) is 0 Å². The average Bonchev–Trinajstić information content (AvgIpc) is 2.37. The molecule has 0 atom stereocenters. The fraction of sp³-hybridized carbons (Fsp3) is 0. The van der Waals surface area contributed by atoms with Crippen LogP contribution < -0.4 is 11.1 Å². The molecule has 0 radical (unpaired) electrons. The molecule has 1 amide bonds. The molecule has 0 fully saturated rings. The molecule has 0 aliphatic rings. The standard InChI is InChI=1S/C14H9BrCl2N2OS/c15-8-1-2-11(13(18)21)12(5-8)19-14(20)7-3-9(16)6-10(17)4-7/h1-6H,(H2,18,21)(H,19,20). The second-order valence-corrected chi connectivity index (χ2v) is 6.39. The second-order valence-electron chi connectivity index (χ2n) is 4.17. The van der Waals surface area contributed by atoms with Crippen LogP contribution in [0.15, 0.2) is 40.9 Å². The molecule has 0 aromatic heterocycles. The number of nitrogens with one attached hydrogen (secondary N) is 1. The lowest BCUT2D eigenvalue weighted by Gasteiger charge is -2.11. The molecule has 21 heavy (non-hydrogen) atoms. The zero-order chi connectivity index (χ0) is 15.6. The van der Waals surface area contributed by atoms with Gasteiger partial charge in [0.1, 0.15) is 4.99 Å². The van der Waals surface area contributed by atoms with Crippen molar-refractivity contribution >= 4 is 67.9 Å². The van der Waals surface area contributed by atoms with Crippen molar-refractivity contribution in [3.05, 3.63) is 62.0 Å². The topological polar surface area (TPSA) is 55.1 Å². The van der Waals surface area contributed by atoms with Gasteiger partial charge in [0.2, 0.25) is 0 Å². The maximum Gasteiger partial charge on any atom is 0.255 e. The molecule has 0 unspecified atom stereocenters. The van der Waals surface area contributed by atoms with E-state index in [4.69, 9.17) is 41.2 Å². The van der Waals surface area contributed by atoms with Crippen LogP contribution in [-0.4, -0.2) is 10.9 Å². The number of rotatable bonds is 3. The summed E-state index contributed by atoms with van der Waals surface area (Å²) in [5, 5.41) is 3.52. The van der Waals surface area contributed by atoms with Crippen LogP contribution in [0.5, 0.6) is 0 Å². The third kappa shape index (κ3) is 4.17. The smallest absolute Gasteiger partial charge is 0.255 e. The average molecular weight is 404 g/mol. The number of halogens is 3. The highest BCUT2D eigenvalue weighted by molar-refractivity contribution is 9.10. The van der Waals surface area contributed by atoms with Crippen LogP contribution in [-0.2, 0) is 0 Å². The van der Waals surface area contributed by atoms with Crippen molar-refractivity contribution in [2.45, 2.75) is 0 Å². The summed E-state index contributed by atoms with van der Waals surface area (Å²) in [4.78, 5) is 12.5. The summed E-state index contributed by atoms with van der Waals surface area (Å²) in [6.45, 7) is 0. The van der Waals surface area contributed by atoms with E-state index in [-0.39, 0.29) is 10.9 Å². The van der Waals surface area contributed by atoms with Crippen molar-refractivity contribution in [2.24, 2.45) is 5.73 Å². The van der Waals surface area contributed by atoms with Crippen molar-refractivity contribution < 1.29 is 4.79 Å². The second kappa shape index (κ2) is 6.75. The summed E-state index contributed by atoms with van der Waals surface area (Å²) in [6, 6.07) is 9.85. The highest BCUT2D eigenvalue weighted by Gasteiger charge is 2.12. The van der Waals surface area contributed by atoms with Gasteiger partial charge in [-0.2, -0.15) is 0 Å². The van der Waals surface area contributed by atoms with E-state index in [1.54, 1.807) is 24.3 Å². The van der Waals surface area contributed by atoms with E-state index in [0.29, 0.717) is 26.9 Å². The number of hydrogen-bond donors (Lipinski definition) is 2. The number of hydrogen-bond acceptors (Lipinski definition) is 2. The summed E-state index contributed by atoms with van der Waals surface area (Å²) in [6.07, 6.45) is 0. The van der Waals surface area contributed by atoms with E-state index in [1.807, 2.05) is 0 Å². The molecule has 2 aromatic carbocycles. The lowest BCUT2D eigenvalue weighted by Crippen LogP contribution is -2.17. The van der Waals surface area contributed by atoms with Gasteiger partial charge in [0, 0.05) is 25.6 Å². The normalized spacial score (nSPS) is 10.2. The molecule has 0 spiro atoms. The van der Waals surface area contributed by atoms with Gasteiger partial charge in [-0.05, 0) is 36.4 Å². The summed E-state index contributed by atoms with van der Waals surface area (Å²) in [5.74, 6) is -0.352. The molecule has 0 saturated carbocycles. The third-order valence-electron chi connectivity index (χ3n) is 2.62. The van der Waals surface area contributed by atoms with Crippen LogP contribution in [0.25, 0.3) is 0 Å². The third-order valence-corrected chi connectivity index (χ3v) is 3.77. The lowest BCUT2D eigenvalue weighted by atomic mass is 10.1. The van der Waals surface area contributed by atoms with Crippen molar-refractivity contribution in [3.63, 3.8) is 0 Å². The first-order chi connectivity index (χ1) is 9.86. The zero-order valence-electron chi connectivity index (χ0n) is 10.5. The minimum absolute atomic E-state index is 0.196. The highest BCUT2D eigenvalue weighted by atomic mass is 79.9. The molecule has 3 nitrogen and oxygen atoms in total. The van der Waals surface area contributed by atoms with Gasteiger partial charge >= 0.3 is 0 Å². The largest absolute Gasteiger partial charge is 0.389 e. The molecule has 0 aliphatic carbocycles. The number of nitrogens with two attached hydrogens (primary N) is 1. The molecule has 7 heteroatoms. The number of carbonyl (C=O) groups is 1. The molecular weight excluding hydrogens is 395 g/mol. The molecule has 0 heterocycles. The van der Waals surface area contributed by atoms with Crippen LogP contribution in [0.4, 0.5) is 5.69 Å². The maximum atomic E-state index is 12.3. The number of anilines is 1. The Labute approximate surface area is 145 Å². The van der Waals surface area contributed by atoms with Crippen molar-refractivity contribution in [1.29, 1.82) is 0 Å². The Morgan fingerprint density at radius 2 is 1.76 bits per heavy atom. The number of carbonyl (C=O) groups excluding carboxylic acids is 1. The van der Waals surface area contributed by atoms with Crippen LogP contribution in [0.2, 0.25) is 10.0 Å². The van der Waals surface area contributed by atoms with Crippen molar-refractivity contribution in [1.82, 2.24) is 0 Å². The number of benzene rings is 2. The first-order valence-corrected chi connectivity index (χ1v) is 7.69. The molecule has 3 N–H and O–H groups in total. The molecule has 108 valence electrons. The first kappa shape index (κ1) is 16.2. The van der Waals surface area contributed by atoms with Gasteiger partial charge in [-0.1, -0.05) is 51.3 Å². The number of amides is 1. The summed E-state index contributed by atoms with van der Waals surface area (Å²) < 4.78 is 0.793. The van der Waals surface area contributed by atoms with Gasteiger partial charge in [0.05, 0.1) is 5.69 Å². The van der Waals surface area contributed by atoms with Crippen LogP contribution in [0.3, 0.4) is 0 Å². The molecule has 0 saturated heterocycles. The van der Waals surface area contributed by atoms with Gasteiger partial charge in [0.15, 0.2) is 0 Å². The van der Waals surface area contributed by atoms with E-state index in [1.165, 1.54) is 12.1 Å². The first-order valence-electron chi connectivity index (χ1n) is 5.73. The number of thiocarbonyl (C=S) groups is 1. The monoisotopic (exact) mass is 402 g/mol. The molecule has 2 rings (SSSR count). The Morgan fingerprint density at radius 1 is 1.14 bits per heavy atom. The summed E-state index contributed by atoms with van der Waals surface area (Å²) >= 11 is 20.1. The predicted octanol–water partition coefficient (Wildman–Crippen LogP) is 4.64. The van der Waals surface area contributed by atoms with Crippen molar-refractivity contribution in [3.8, 4) is 0 Å². The van der Waals surface area contributed by atoms with Crippen LogP contribution in [0, 0.1) is 0 Å². The van der Waals surface area contributed by atoms with E-state index >= 15 is 0 Å². The highest BCUT2D eigenvalue weighted by Crippen LogP contribution is 2.24. The van der Waals surface area contributed by atoms with Crippen LogP contribution in [0.1, 0.15) is 15.9 Å². The Bertz CT molecular complexity index is 717. The van der Waals surface area contributed by atoms with Gasteiger partial charge in [0.25, 0.3) is 5.91 Å². The van der Waals surface area contributed by atoms with E-state index in [0.717, 1.165) is 4.47 Å². The molecular formula is C14H9BrCl2N2OS. The molecule has 0 bridgehead atoms. The lowest BCUT2D eigenvalue weighted by molar-refractivity contribution is 0.102. The van der Waals surface area contributed by atoms with E-state index in [9.17, 15) is 4.79 Å². The SMILES string of the molecule is NC(=S)c1ccc(Br)cc1NC(=O)c1cc(Cl)cc(Cl)c1. The Kier molecular flexibility index (Phi) is 5.22. The fourth-order valence-corrected chi connectivity index (χ4v) is 2.78. The predicted molar refractivity (Wildman–Crippen MR) is 94.4 cm³/mol. The van der Waals surface area contributed by atoms with E-state index in [2.05, 4.69) is 21.2 Å². The van der Waals surface area contributed by atoms with Crippen molar-refractivity contribution in [2.75, 3.05) is 5.32 Å². The Morgan fingerprint density at radius 3 is 2.33 bits per heavy atom. The van der Waals surface area contributed by atoms with Gasteiger partial charge in [-0.15, -0.1) is 0 Å². The Balaban J connectivity index is 2.35. The van der Waals surface area contributed by atoms with Crippen LogP contribution >= 0.6 is 51.3 Å². The maximum absolute atomic E-state index is 12.3. The zero-order valence-corrected chi connectivity index (χ0v) is 14.4. The molecule has 0 aliphatic heterocycles. The Hall–Kier alpha value is -1.14. The van der Waals surface area contributed by atoms with E-state index < -0.39 is 0 Å². The minimum atomic E-state index is -0.352.